The highest BCUT2D eigenvalue weighted by atomic mass is 35.5. The van der Waals surface area contributed by atoms with E-state index in [0.717, 1.165) is 0 Å². The van der Waals surface area contributed by atoms with Gasteiger partial charge in [0.15, 0.2) is 6.61 Å². The number of rotatable bonds is 5. The number of carbonyl (C=O) groups excluding carboxylic acids is 4. The number of imide groups is 1. The third-order valence-corrected chi connectivity index (χ3v) is 5.58. The van der Waals surface area contributed by atoms with Gasteiger partial charge in [0, 0.05) is 10.7 Å². The predicted molar refractivity (Wildman–Crippen MR) is 115 cm³/mol. The average Bonchev–Trinajstić information content (AvgIpc) is 3.04. The normalized spacial score (nSPS) is 19.8. The van der Waals surface area contributed by atoms with E-state index in [1.165, 1.54) is 29.2 Å². The smallest absolute Gasteiger partial charge is 0.338 e. The maximum atomic E-state index is 12.6. The summed E-state index contributed by atoms with van der Waals surface area (Å²) in [5, 5.41) is 3.14. The van der Waals surface area contributed by atoms with Gasteiger partial charge in [0.2, 0.25) is 11.8 Å². The highest BCUT2D eigenvalue weighted by molar-refractivity contribution is 6.30. The van der Waals surface area contributed by atoms with Crippen LogP contribution in [-0.2, 0) is 19.1 Å². The molecule has 2 aromatic carbocycles. The molecule has 158 valence electrons. The molecule has 1 saturated heterocycles. The van der Waals surface area contributed by atoms with Gasteiger partial charge in [-0.1, -0.05) is 23.8 Å². The van der Waals surface area contributed by atoms with E-state index < -0.39 is 18.5 Å². The van der Waals surface area contributed by atoms with Crippen LogP contribution >= 0.6 is 11.6 Å². The van der Waals surface area contributed by atoms with E-state index in [2.05, 4.69) is 5.32 Å². The third kappa shape index (κ3) is 4.36. The molecule has 2 aromatic rings. The zero-order valence-electron chi connectivity index (χ0n) is 16.4. The number of nitrogens with zero attached hydrogens (tertiary/aromatic N) is 1. The number of hydrogen-bond donors (Lipinski definition) is 1. The second-order valence-corrected chi connectivity index (χ2v) is 7.78. The maximum absolute atomic E-state index is 12.6. The first-order valence-corrected chi connectivity index (χ1v) is 10.2. The summed E-state index contributed by atoms with van der Waals surface area (Å²) >= 11 is 5.79. The number of anilines is 2. The van der Waals surface area contributed by atoms with E-state index >= 15 is 0 Å². The number of amides is 3. The lowest BCUT2D eigenvalue weighted by molar-refractivity contribution is -0.122. The molecule has 2 atom stereocenters. The maximum Gasteiger partial charge on any atom is 0.338 e. The first-order valence-electron chi connectivity index (χ1n) is 9.79. The Morgan fingerprint density at radius 1 is 0.935 bits per heavy atom. The molecule has 1 heterocycles. The van der Waals surface area contributed by atoms with Gasteiger partial charge in [0.1, 0.15) is 0 Å². The van der Waals surface area contributed by atoms with E-state index in [1.807, 2.05) is 12.2 Å². The Kier molecular flexibility index (Phi) is 5.86. The largest absolute Gasteiger partial charge is 0.452 e. The van der Waals surface area contributed by atoms with Crippen LogP contribution in [0.25, 0.3) is 0 Å². The van der Waals surface area contributed by atoms with Crippen molar-refractivity contribution in [3.05, 3.63) is 71.3 Å². The molecular formula is C23H19ClN2O5. The van der Waals surface area contributed by atoms with Crippen molar-refractivity contribution in [2.24, 2.45) is 11.8 Å². The van der Waals surface area contributed by atoms with Crippen molar-refractivity contribution < 1.29 is 23.9 Å². The van der Waals surface area contributed by atoms with Crippen molar-refractivity contribution >= 4 is 46.7 Å². The van der Waals surface area contributed by atoms with E-state index in [1.54, 1.807) is 24.3 Å². The number of ether oxygens (including phenoxy) is 1. The summed E-state index contributed by atoms with van der Waals surface area (Å²) in [6, 6.07) is 12.5. The summed E-state index contributed by atoms with van der Waals surface area (Å²) in [6.45, 7) is -0.456. The van der Waals surface area contributed by atoms with Gasteiger partial charge in [0.25, 0.3) is 5.91 Å². The van der Waals surface area contributed by atoms with E-state index in [4.69, 9.17) is 16.3 Å². The topological polar surface area (TPSA) is 92.8 Å². The molecule has 7 nitrogen and oxygen atoms in total. The molecule has 0 spiro atoms. The summed E-state index contributed by atoms with van der Waals surface area (Å²) < 4.78 is 5.04. The monoisotopic (exact) mass is 438 g/mol. The quantitative estimate of drug-likeness (QED) is 0.437. The Morgan fingerprint density at radius 3 is 2.10 bits per heavy atom. The van der Waals surface area contributed by atoms with Crippen molar-refractivity contribution in [1.82, 2.24) is 0 Å². The number of nitrogens with one attached hydrogen (secondary N) is 1. The fraction of sp³-hybridized carbons (Fsp3) is 0.217. The van der Waals surface area contributed by atoms with Gasteiger partial charge in [-0.3, -0.25) is 19.3 Å². The highest BCUT2D eigenvalue weighted by Crippen LogP contribution is 2.37. The Balaban J connectivity index is 1.35. The second-order valence-electron chi connectivity index (χ2n) is 7.35. The molecule has 0 radical (unpaired) electrons. The predicted octanol–water partition coefficient (Wildman–Crippen LogP) is 3.59. The lowest BCUT2D eigenvalue weighted by atomic mass is 9.85. The zero-order valence-corrected chi connectivity index (χ0v) is 17.2. The molecule has 1 aliphatic carbocycles. The van der Waals surface area contributed by atoms with Gasteiger partial charge in [-0.2, -0.15) is 0 Å². The molecule has 1 aliphatic heterocycles. The molecule has 4 rings (SSSR count). The van der Waals surface area contributed by atoms with Crippen LogP contribution in [0.4, 0.5) is 11.4 Å². The molecular weight excluding hydrogens is 420 g/mol. The molecule has 8 heteroatoms. The first kappa shape index (κ1) is 20.8. The summed E-state index contributed by atoms with van der Waals surface area (Å²) in [7, 11) is 0. The van der Waals surface area contributed by atoms with Gasteiger partial charge in [-0.05, 0) is 61.4 Å². The van der Waals surface area contributed by atoms with Crippen LogP contribution < -0.4 is 10.2 Å². The molecule has 0 unspecified atom stereocenters. The van der Waals surface area contributed by atoms with Crippen LogP contribution in [0.2, 0.25) is 5.02 Å². The number of halogens is 1. The Bertz CT molecular complexity index is 1040. The lowest BCUT2D eigenvalue weighted by Gasteiger charge is -2.15. The number of fused-ring (bicyclic) bond motifs is 1. The van der Waals surface area contributed by atoms with Crippen molar-refractivity contribution in [3.63, 3.8) is 0 Å². The van der Waals surface area contributed by atoms with Crippen molar-refractivity contribution in [3.8, 4) is 0 Å². The molecule has 2 aliphatic rings. The summed E-state index contributed by atoms with van der Waals surface area (Å²) in [5.41, 5.74) is 1.16. The third-order valence-electron chi connectivity index (χ3n) is 5.33. The fourth-order valence-electron chi connectivity index (χ4n) is 3.75. The summed E-state index contributed by atoms with van der Waals surface area (Å²) in [5.74, 6) is -2.24. The van der Waals surface area contributed by atoms with Gasteiger partial charge in [-0.15, -0.1) is 0 Å². The van der Waals surface area contributed by atoms with E-state index in [0.29, 0.717) is 29.2 Å². The minimum Gasteiger partial charge on any atom is -0.452 e. The number of benzene rings is 2. The van der Waals surface area contributed by atoms with Crippen LogP contribution in [-0.4, -0.2) is 30.3 Å². The van der Waals surface area contributed by atoms with Crippen molar-refractivity contribution in [2.45, 2.75) is 12.8 Å². The van der Waals surface area contributed by atoms with E-state index in [9.17, 15) is 19.2 Å². The molecule has 1 fully saturated rings. The lowest BCUT2D eigenvalue weighted by Crippen LogP contribution is -2.30. The second kappa shape index (κ2) is 8.73. The van der Waals surface area contributed by atoms with Crippen LogP contribution in [0.1, 0.15) is 23.2 Å². The zero-order chi connectivity index (χ0) is 22.0. The van der Waals surface area contributed by atoms with Gasteiger partial charge < -0.3 is 10.1 Å². The Morgan fingerprint density at radius 2 is 1.52 bits per heavy atom. The van der Waals surface area contributed by atoms with Crippen LogP contribution in [0.5, 0.6) is 0 Å². The van der Waals surface area contributed by atoms with Crippen LogP contribution in [0.3, 0.4) is 0 Å². The Labute approximate surface area is 183 Å². The molecule has 0 saturated carbocycles. The molecule has 0 aromatic heterocycles. The fourth-order valence-corrected chi connectivity index (χ4v) is 3.87. The standard InChI is InChI=1S/C23H19ClN2O5/c24-15-7-9-16(10-8-15)25-20(27)13-31-23(30)14-5-11-17(12-6-14)26-21(28)18-3-1-2-4-19(18)22(26)29/h1-2,5-12,18-19H,3-4,13H2,(H,25,27)/t18-,19+. The molecule has 0 bridgehead atoms. The van der Waals surface area contributed by atoms with Crippen LogP contribution in [0.15, 0.2) is 60.7 Å². The first-order chi connectivity index (χ1) is 14.9. The van der Waals surface area contributed by atoms with Gasteiger partial charge in [-0.25, -0.2) is 4.79 Å². The minimum atomic E-state index is -0.685. The molecule has 1 N–H and O–H groups in total. The van der Waals surface area contributed by atoms with Crippen LogP contribution in [0, 0.1) is 11.8 Å². The van der Waals surface area contributed by atoms with Gasteiger partial charge >= 0.3 is 5.97 Å². The van der Waals surface area contributed by atoms with Crippen molar-refractivity contribution in [2.75, 3.05) is 16.8 Å². The van der Waals surface area contributed by atoms with Gasteiger partial charge in [0.05, 0.1) is 23.1 Å². The van der Waals surface area contributed by atoms with Crippen molar-refractivity contribution in [1.29, 1.82) is 0 Å². The molecule has 3 amide bonds. The minimum absolute atomic E-state index is 0.209. The number of carbonyl (C=O) groups is 4. The number of hydrogen-bond acceptors (Lipinski definition) is 5. The highest BCUT2D eigenvalue weighted by Gasteiger charge is 2.47. The SMILES string of the molecule is O=C(COC(=O)c1ccc(N2C(=O)[C@H]3CC=CC[C@H]3C2=O)cc1)Nc1ccc(Cl)cc1. The number of allylic oxidation sites excluding steroid dienone is 2. The average molecular weight is 439 g/mol. The Hall–Kier alpha value is -3.45. The number of esters is 1. The van der Waals surface area contributed by atoms with E-state index in [-0.39, 0.29) is 29.2 Å². The molecule has 31 heavy (non-hydrogen) atoms. The summed E-state index contributed by atoms with van der Waals surface area (Å²) in [4.78, 5) is 50.7. The summed E-state index contributed by atoms with van der Waals surface area (Å²) in [6.07, 6.45) is 4.98.